The average Bonchev–Trinajstić information content (AvgIpc) is 2.47. The normalized spacial score (nSPS) is 14.8. The van der Waals surface area contributed by atoms with E-state index in [4.69, 9.17) is 9.90 Å². The molecular weight excluding hydrogens is 303 g/mol. The quantitative estimate of drug-likeness (QED) is 0.798. The summed E-state index contributed by atoms with van der Waals surface area (Å²) in [5, 5.41) is 10.4. The highest BCUT2D eigenvalue weighted by Gasteiger charge is 2.38. The van der Waals surface area contributed by atoms with Crippen molar-refractivity contribution < 1.29 is 27.9 Å². The number of nitrogens with zero attached hydrogens (tertiary/aromatic N) is 2. The minimum Gasteiger partial charge on any atom is -0.475 e. The molecule has 1 saturated heterocycles. The highest BCUT2D eigenvalue weighted by molar-refractivity contribution is 5.73. The molecule has 0 aromatic carbocycles. The van der Waals surface area contributed by atoms with Gasteiger partial charge in [-0.15, -0.1) is 0 Å². The third-order valence-corrected chi connectivity index (χ3v) is 2.90. The summed E-state index contributed by atoms with van der Waals surface area (Å²) >= 11 is 0. The van der Waals surface area contributed by atoms with Crippen molar-refractivity contribution in [2.45, 2.75) is 13.1 Å². The number of anilines is 1. The molecule has 0 aliphatic carbocycles. The molecular formula is C13H16F3N3O3. The fourth-order valence-corrected chi connectivity index (χ4v) is 1.88. The lowest BCUT2D eigenvalue weighted by Gasteiger charge is -2.30. The number of carboxylic acids is 1. The molecule has 0 radical (unpaired) electrons. The molecule has 0 unspecified atom stereocenters. The van der Waals surface area contributed by atoms with Gasteiger partial charge < -0.3 is 15.3 Å². The first-order valence-electron chi connectivity index (χ1n) is 6.44. The number of rotatable bonds is 2. The smallest absolute Gasteiger partial charge is 0.475 e. The van der Waals surface area contributed by atoms with Gasteiger partial charge in [0.2, 0.25) is 0 Å². The molecule has 2 rings (SSSR count). The van der Waals surface area contributed by atoms with Gasteiger partial charge in [0.15, 0.2) is 6.29 Å². The summed E-state index contributed by atoms with van der Waals surface area (Å²) in [4.78, 5) is 26.0. The Kier molecular flexibility index (Phi) is 6.29. The highest BCUT2D eigenvalue weighted by atomic mass is 19.4. The molecule has 6 nitrogen and oxygen atoms in total. The summed E-state index contributed by atoms with van der Waals surface area (Å²) in [6.07, 6.45) is -4.30. The SMILES string of the molecule is Cc1nc(C=O)ccc1N1CCNCC1.O=C(O)C(F)(F)F. The van der Waals surface area contributed by atoms with E-state index in [9.17, 15) is 18.0 Å². The first kappa shape index (κ1) is 17.9. The number of carboxylic acid groups (broad SMARTS) is 1. The van der Waals surface area contributed by atoms with Crippen LogP contribution in [0.3, 0.4) is 0 Å². The predicted molar refractivity (Wildman–Crippen MR) is 73.1 cm³/mol. The Morgan fingerprint density at radius 3 is 2.32 bits per heavy atom. The number of aliphatic carboxylic acids is 1. The van der Waals surface area contributed by atoms with E-state index < -0.39 is 12.1 Å². The maximum atomic E-state index is 10.6. The zero-order chi connectivity index (χ0) is 16.8. The molecule has 0 bridgehead atoms. The maximum absolute atomic E-state index is 10.6. The number of alkyl halides is 3. The Bertz CT molecular complexity index is 529. The van der Waals surface area contributed by atoms with E-state index in [1.165, 1.54) is 0 Å². The summed E-state index contributed by atoms with van der Waals surface area (Å²) in [6, 6.07) is 3.76. The van der Waals surface area contributed by atoms with Gasteiger partial charge in [-0.25, -0.2) is 9.78 Å². The molecule has 0 atom stereocenters. The van der Waals surface area contributed by atoms with Crippen LogP contribution in [0.15, 0.2) is 12.1 Å². The second kappa shape index (κ2) is 7.74. The minimum atomic E-state index is -5.08. The number of pyridine rings is 1. The fourth-order valence-electron chi connectivity index (χ4n) is 1.88. The third-order valence-electron chi connectivity index (χ3n) is 2.90. The van der Waals surface area contributed by atoms with E-state index >= 15 is 0 Å². The number of carbonyl (C=O) groups is 2. The molecule has 122 valence electrons. The van der Waals surface area contributed by atoms with Gasteiger partial charge in [0, 0.05) is 26.2 Å². The Labute approximate surface area is 124 Å². The monoisotopic (exact) mass is 319 g/mol. The van der Waals surface area contributed by atoms with Crippen LogP contribution >= 0.6 is 0 Å². The van der Waals surface area contributed by atoms with E-state index in [-0.39, 0.29) is 0 Å². The van der Waals surface area contributed by atoms with Crippen LogP contribution in [0.25, 0.3) is 0 Å². The molecule has 22 heavy (non-hydrogen) atoms. The number of halogens is 3. The third kappa shape index (κ3) is 5.32. The van der Waals surface area contributed by atoms with Crippen molar-refractivity contribution in [1.29, 1.82) is 0 Å². The van der Waals surface area contributed by atoms with Crippen LogP contribution in [0.1, 0.15) is 16.2 Å². The summed E-state index contributed by atoms with van der Waals surface area (Å²) < 4.78 is 31.7. The van der Waals surface area contributed by atoms with Crippen molar-refractivity contribution in [2.75, 3.05) is 31.1 Å². The molecule has 1 fully saturated rings. The zero-order valence-electron chi connectivity index (χ0n) is 11.9. The molecule has 1 aromatic rings. The van der Waals surface area contributed by atoms with Gasteiger partial charge in [-0.3, -0.25) is 4.79 Å². The summed E-state index contributed by atoms with van der Waals surface area (Å²) in [6.45, 7) is 5.97. The number of hydrogen-bond acceptors (Lipinski definition) is 5. The molecule has 1 aliphatic rings. The number of hydrogen-bond donors (Lipinski definition) is 2. The van der Waals surface area contributed by atoms with Crippen LogP contribution in [0.5, 0.6) is 0 Å². The van der Waals surface area contributed by atoms with Gasteiger partial charge in [-0.2, -0.15) is 13.2 Å². The first-order valence-corrected chi connectivity index (χ1v) is 6.44. The van der Waals surface area contributed by atoms with Crippen LogP contribution in [0.4, 0.5) is 18.9 Å². The van der Waals surface area contributed by atoms with Gasteiger partial charge in [-0.1, -0.05) is 0 Å². The highest BCUT2D eigenvalue weighted by Crippen LogP contribution is 2.18. The van der Waals surface area contributed by atoms with E-state index in [1.807, 2.05) is 13.0 Å². The van der Waals surface area contributed by atoms with Crippen molar-refractivity contribution in [3.05, 3.63) is 23.5 Å². The number of aryl methyl sites for hydroxylation is 1. The standard InChI is InChI=1S/C11H15N3O.C2HF3O2/c1-9-11(3-2-10(8-15)13-9)14-6-4-12-5-7-14;3-2(4,5)1(6)7/h2-3,8,12H,4-7H2,1H3;(H,6,7). The number of aldehydes is 1. The van der Waals surface area contributed by atoms with E-state index in [0.29, 0.717) is 5.69 Å². The number of nitrogens with one attached hydrogen (secondary N) is 1. The Morgan fingerprint density at radius 2 is 1.91 bits per heavy atom. The number of carbonyl (C=O) groups excluding carboxylic acids is 1. The second-order valence-corrected chi connectivity index (χ2v) is 4.50. The van der Waals surface area contributed by atoms with Crippen molar-refractivity contribution in [3.8, 4) is 0 Å². The Balaban J connectivity index is 0.000000295. The van der Waals surface area contributed by atoms with E-state index in [2.05, 4.69) is 15.2 Å². The maximum Gasteiger partial charge on any atom is 0.490 e. The van der Waals surface area contributed by atoms with Crippen LogP contribution < -0.4 is 10.2 Å². The van der Waals surface area contributed by atoms with Crippen LogP contribution in [-0.2, 0) is 4.79 Å². The zero-order valence-corrected chi connectivity index (χ0v) is 11.9. The lowest BCUT2D eigenvalue weighted by molar-refractivity contribution is -0.192. The van der Waals surface area contributed by atoms with Gasteiger partial charge in [0.05, 0.1) is 11.4 Å². The summed E-state index contributed by atoms with van der Waals surface area (Å²) in [7, 11) is 0. The first-order chi connectivity index (χ1) is 10.3. The Morgan fingerprint density at radius 1 is 1.36 bits per heavy atom. The van der Waals surface area contributed by atoms with Crippen molar-refractivity contribution in [2.24, 2.45) is 0 Å². The molecule has 9 heteroatoms. The minimum absolute atomic E-state index is 0.506. The molecule has 2 heterocycles. The van der Waals surface area contributed by atoms with E-state index in [1.54, 1.807) is 6.07 Å². The topological polar surface area (TPSA) is 82.5 Å². The van der Waals surface area contributed by atoms with Crippen LogP contribution in [-0.4, -0.2) is 54.7 Å². The lowest BCUT2D eigenvalue weighted by atomic mass is 10.2. The van der Waals surface area contributed by atoms with Crippen LogP contribution in [0.2, 0.25) is 0 Å². The van der Waals surface area contributed by atoms with Gasteiger partial charge in [-0.05, 0) is 19.1 Å². The predicted octanol–water partition coefficient (Wildman–Crippen LogP) is 1.25. The molecule has 2 N–H and O–H groups in total. The van der Waals surface area contributed by atoms with Gasteiger partial charge >= 0.3 is 12.1 Å². The molecule has 1 aromatic heterocycles. The van der Waals surface area contributed by atoms with Gasteiger partial charge in [0.25, 0.3) is 0 Å². The molecule has 0 amide bonds. The number of aromatic nitrogens is 1. The summed E-state index contributed by atoms with van der Waals surface area (Å²) in [5.74, 6) is -2.76. The van der Waals surface area contributed by atoms with E-state index in [0.717, 1.165) is 43.8 Å². The lowest BCUT2D eigenvalue weighted by Crippen LogP contribution is -2.43. The Hall–Kier alpha value is -2.16. The molecule has 1 aliphatic heterocycles. The van der Waals surface area contributed by atoms with Gasteiger partial charge in [0.1, 0.15) is 5.69 Å². The summed E-state index contributed by atoms with van der Waals surface area (Å²) in [5.41, 5.74) is 2.58. The largest absolute Gasteiger partial charge is 0.490 e. The molecule has 0 spiro atoms. The van der Waals surface area contributed by atoms with Crippen molar-refractivity contribution >= 4 is 17.9 Å². The van der Waals surface area contributed by atoms with Crippen molar-refractivity contribution in [3.63, 3.8) is 0 Å². The number of piperazine rings is 1. The van der Waals surface area contributed by atoms with Crippen molar-refractivity contribution in [1.82, 2.24) is 10.3 Å². The second-order valence-electron chi connectivity index (χ2n) is 4.50. The van der Waals surface area contributed by atoms with Crippen LogP contribution in [0, 0.1) is 6.92 Å². The average molecular weight is 319 g/mol. The fraction of sp³-hybridized carbons (Fsp3) is 0.462. The molecule has 0 saturated carbocycles.